The molecular weight excluding hydrogens is 388 g/mol. The van der Waals surface area contributed by atoms with E-state index < -0.39 is 0 Å². The fourth-order valence-electron chi connectivity index (χ4n) is 4.41. The Morgan fingerprint density at radius 2 is 1.84 bits per heavy atom. The zero-order valence-electron chi connectivity index (χ0n) is 18.5. The van der Waals surface area contributed by atoms with E-state index in [2.05, 4.69) is 38.2 Å². The van der Waals surface area contributed by atoms with Crippen LogP contribution in [0.2, 0.25) is 0 Å². The molecule has 3 aromatic rings. The van der Waals surface area contributed by atoms with E-state index in [1.54, 1.807) is 6.26 Å². The van der Waals surface area contributed by atoms with Crippen molar-refractivity contribution in [2.75, 3.05) is 13.1 Å². The molecule has 4 rings (SSSR count). The lowest BCUT2D eigenvalue weighted by atomic mass is 9.95. The van der Waals surface area contributed by atoms with Crippen molar-refractivity contribution in [1.82, 2.24) is 10.2 Å². The summed E-state index contributed by atoms with van der Waals surface area (Å²) in [7, 11) is 0. The molecule has 1 aliphatic rings. The second-order valence-corrected chi connectivity index (χ2v) is 8.79. The molecule has 2 aromatic carbocycles. The van der Waals surface area contributed by atoms with Crippen LogP contribution in [0.3, 0.4) is 0 Å². The molecule has 1 saturated heterocycles. The van der Waals surface area contributed by atoms with E-state index >= 15 is 0 Å². The number of aryl methyl sites for hydroxylation is 1. The first-order valence-corrected chi connectivity index (χ1v) is 11.1. The van der Waals surface area contributed by atoms with Crippen LogP contribution >= 0.6 is 0 Å². The number of nitrogens with zero attached hydrogens (tertiary/aromatic N) is 1. The number of benzene rings is 2. The van der Waals surface area contributed by atoms with Crippen molar-refractivity contribution in [2.24, 2.45) is 0 Å². The van der Waals surface area contributed by atoms with Crippen LogP contribution in [-0.2, 0) is 11.2 Å². The molecule has 2 amide bonds. The first-order valence-electron chi connectivity index (χ1n) is 11.1. The van der Waals surface area contributed by atoms with Crippen LogP contribution in [0.25, 0.3) is 11.0 Å². The number of carbonyl (C=O) groups is 2. The van der Waals surface area contributed by atoms with Crippen LogP contribution < -0.4 is 5.32 Å². The first kappa shape index (κ1) is 21.2. The Labute approximate surface area is 183 Å². The topological polar surface area (TPSA) is 62.6 Å². The van der Waals surface area contributed by atoms with E-state index in [9.17, 15) is 9.59 Å². The normalized spacial score (nSPS) is 14.9. The van der Waals surface area contributed by atoms with E-state index in [4.69, 9.17) is 4.42 Å². The van der Waals surface area contributed by atoms with Crippen LogP contribution in [0.5, 0.6) is 0 Å². The Hall–Kier alpha value is -3.08. The summed E-state index contributed by atoms with van der Waals surface area (Å²) in [5.74, 6) is 0.488. The van der Waals surface area contributed by atoms with E-state index in [0.717, 1.165) is 29.4 Å². The number of nitrogens with one attached hydrogen (secondary N) is 1. The minimum absolute atomic E-state index is 0.0495. The molecule has 0 atom stereocenters. The molecule has 5 nitrogen and oxygen atoms in total. The van der Waals surface area contributed by atoms with E-state index in [1.807, 2.05) is 35.2 Å². The molecule has 0 spiro atoms. The molecule has 1 aromatic heterocycles. The molecule has 0 aliphatic carbocycles. The smallest absolute Gasteiger partial charge is 0.251 e. The summed E-state index contributed by atoms with van der Waals surface area (Å²) >= 11 is 0. The number of fused-ring (bicyclic) bond motifs is 1. The molecule has 162 valence electrons. The average molecular weight is 419 g/mol. The lowest BCUT2D eigenvalue weighted by Crippen LogP contribution is -2.46. The van der Waals surface area contributed by atoms with Gasteiger partial charge in [-0.05, 0) is 61.1 Å². The number of hydrogen-bond donors (Lipinski definition) is 1. The maximum absolute atomic E-state index is 12.9. The van der Waals surface area contributed by atoms with Crippen molar-refractivity contribution in [2.45, 2.75) is 52.0 Å². The molecule has 31 heavy (non-hydrogen) atoms. The van der Waals surface area contributed by atoms with Crippen molar-refractivity contribution >= 4 is 22.8 Å². The summed E-state index contributed by atoms with van der Waals surface area (Å²) in [4.78, 5) is 27.2. The molecule has 1 aliphatic heterocycles. The van der Waals surface area contributed by atoms with Crippen molar-refractivity contribution < 1.29 is 14.0 Å². The number of piperidine rings is 1. The molecule has 0 bridgehead atoms. The van der Waals surface area contributed by atoms with Gasteiger partial charge in [-0.3, -0.25) is 9.59 Å². The molecular formula is C26H30N2O3. The minimum Gasteiger partial charge on any atom is -0.464 e. The SMILES string of the molecule is Cc1cc2occ(CC(=O)N3CCC(NC(=O)c4ccccc4)CC3)c2cc1C(C)C. The van der Waals surface area contributed by atoms with Crippen LogP contribution in [0.1, 0.15) is 59.7 Å². The third-order valence-corrected chi connectivity index (χ3v) is 6.22. The number of likely N-dealkylation sites (tertiary alicyclic amines) is 1. The van der Waals surface area contributed by atoms with Crippen molar-refractivity contribution in [1.29, 1.82) is 0 Å². The number of rotatable bonds is 5. The largest absolute Gasteiger partial charge is 0.464 e. The standard InChI is InChI=1S/C26H30N2O3/c1-17(2)22-15-23-20(16-31-24(23)13-18(22)3)14-25(29)28-11-9-21(10-12-28)27-26(30)19-7-5-4-6-8-19/h4-8,13,15-17,21H,9-12,14H2,1-3H3,(H,27,30). The number of amides is 2. The Morgan fingerprint density at radius 1 is 1.13 bits per heavy atom. The zero-order valence-corrected chi connectivity index (χ0v) is 18.5. The Balaban J connectivity index is 1.36. The van der Waals surface area contributed by atoms with E-state index in [0.29, 0.717) is 31.0 Å². The average Bonchev–Trinajstić information content (AvgIpc) is 3.15. The van der Waals surface area contributed by atoms with Crippen molar-refractivity contribution in [3.63, 3.8) is 0 Å². The predicted octanol–water partition coefficient (Wildman–Crippen LogP) is 4.83. The van der Waals surface area contributed by atoms with Crippen molar-refractivity contribution in [3.8, 4) is 0 Å². The molecule has 0 unspecified atom stereocenters. The lowest BCUT2D eigenvalue weighted by molar-refractivity contribution is -0.131. The fourth-order valence-corrected chi connectivity index (χ4v) is 4.41. The monoisotopic (exact) mass is 418 g/mol. The van der Waals surface area contributed by atoms with Gasteiger partial charge in [0.25, 0.3) is 5.91 Å². The second-order valence-electron chi connectivity index (χ2n) is 8.79. The highest BCUT2D eigenvalue weighted by molar-refractivity contribution is 5.94. The summed E-state index contributed by atoms with van der Waals surface area (Å²) in [6, 6.07) is 13.6. The highest BCUT2D eigenvalue weighted by atomic mass is 16.3. The molecule has 0 saturated carbocycles. The zero-order chi connectivity index (χ0) is 22.0. The van der Waals surface area contributed by atoms with Gasteiger partial charge in [-0.15, -0.1) is 0 Å². The lowest BCUT2D eigenvalue weighted by Gasteiger charge is -2.32. The Morgan fingerprint density at radius 3 is 2.52 bits per heavy atom. The van der Waals surface area contributed by atoms with Gasteiger partial charge in [0.15, 0.2) is 0 Å². The third-order valence-electron chi connectivity index (χ3n) is 6.22. The number of furan rings is 1. The van der Waals surface area contributed by atoms with Crippen LogP contribution in [0.4, 0.5) is 0 Å². The van der Waals surface area contributed by atoms with Crippen LogP contribution in [-0.4, -0.2) is 35.8 Å². The van der Waals surface area contributed by atoms with Crippen molar-refractivity contribution in [3.05, 3.63) is 71.0 Å². The molecule has 5 heteroatoms. The van der Waals surface area contributed by atoms with Gasteiger partial charge in [-0.2, -0.15) is 0 Å². The van der Waals surface area contributed by atoms with Gasteiger partial charge in [0.1, 0.15) is 5.58 Å². The number of hydrogen-bond acceptors (Lipinski definition) is 3. The van der Waals surface area contributed by atoms with Gasteiger partial charge in [0, 0.05) is 35.6 Å². The van der Waals surface area contributed by atoms with Gasteiger partial charge in [0.2, 0.25) is 5.91 Å². The van der Waals surface area contributed by atoms with Gasteiger partial charge in [0.05, 0.1) is 12.7 Å². The summed E-state index contributed by atoms with van der Waals surface area (Å²) in [5.41, 5.74) is 4.96. The molecule has 1 fully saturated rings. The van der Waals surface area contributed by atoms with E-state index in [-0.39, 0.29) is 17.9 Å². The van der Waals surface area contributed by atoms with Gasteiger partial charge in [-0.25, -0.2) is 0 Å². The minimum atomic E-state index is -0.0495. The van der Waals surface area contributed by atoms with Gasteiger partial charge < -0.3 is 14.6 Å². The predicted molar refractivity (Wildman–Crippen MR) is 122 cm³/mol. The highest BCUT2D eigenvalue weighted by Gasteiger charge is 2.25. The maximum atomic E-state index is 12.9. The quantitative estimate of drug-likeness (QED) is 0.646. The summed E-state index contributed by atoms with van der Waals surface area (Å²) in [5, 5.41) is 4.13. The molecule has 1 N–H and O–H groups in total. The van der Waals surface area contributed by atoms with E-state index in [1.165, 1.54) is 11.1 Å². The molecule has 0 radical (unpaired) electrons. The summed E-state index contributed by atoms with van der Waals surface area (Å²) in [6.45, 7) is 7.78. The maximum Gasteiger partial charge on any atom is 0.251 e. The molecule has 2 heterocycles. The van der Waals surface area contributed by atoms with Gasteiger partial charge in [-0.1, -0.05) is 32.0 Å². The Bertz CT molecular complexity index is 1080. The van der Waals surface area contributed by atoms with Crippen LogP contribution in [0.15, 0.2) is 53.1 Å². The highest BCUT2D eigenvalue weighted by Crippen LogP contribution is 2.29. The third kappa shape index (κ3) is 4.66. The second kappa shape index (κ2) is 8.96. The Kier molecular flexibility index (Phi) is 6.12. The van der Waals surface area contributed by atoms with Gasteiger partial charge >= 0.3 is 0 Å². The first-order chi connectivity index (χ1) is 14.9. The summed E-state index contributed by atoms with van der Waals surface area (Å²) < 4.78 is 5.74. The fraction of sp³-hybridized carbons (Fsp3) is 0.385. The number of carbonyl (C=O) groups excluding carboxylic acids is 2. The van der Waals surface area contributed by atoms with Crippen LogP contribution in [0, 0.1) is 6.92 Å². The summed E-state index contributed by atoms with van der Waals surface area (Å²) in [6.07, 6.45) is 3.61.